The highest BCUT2D eigenvalue weighted by Gasteiger charge is 2.27. The standard InChI is InChI=1S/C23H27ClN2O3S/c1-28-21-9-8-16(24)13-20(21)26-11-10-17(14-26)25-23(27)19-6-2-3-7-22(19)30-15-18-5-4-12-29-18/h2-3,6-9,13,17-18H,4-5,10-12,14-15H2,1H3,(H,25,27). The lowest BCUT2D eigenvalue weighted by Crippen LogP contribution is -2.37. The van der Waals surface area contributed by atoms with Crippen molar-refractivity contribution < 1.29 is 14.3 Å². The number of hydrogen-bond acceptors (Lipinski definition) is 5. The number of thioether (sulfide) groups is 1. The third kappa shape index (κ3) is 5.05. The predicted molar refractivity (Wildman–Crippen MR) is 122 cm³/mol. The van der Waals surface area contributed by atoms with E-state index in [1.54, 1.807) is 18.9 Å². The van der Waals surface area contributed by atoms with Crippen molar-refractivity contribution in [3.8, 4) is 5.75 Å². The van der Waals surface area contributed by atoms with Crippen LogP contribution >= 0.6 is 23.4 Å². The maximum absolute atomic E-state index is 13.0. The van der Waals surface area contributed by atoms with Crippen LogP contribution in [0.15, 0.2) is 47.4 Å². The summed E-state index contributed by atoms with van der Waals surface area (Å²) in [6, 6.07) is 13.5. The van der Waals surface area contributed by atoms with Crippen LogP contribution in [0.4, 0.5) is 5.69 Å². The Kier molecular flexibility index (Phi) is 7.08. The third-order valence-electron chi connectivity index (χ3n) is 5.59. The zero-order valence-electron chi connectivity index (χ0n) is 17.1. The molecule has 2 atom stereocenters. The summed E-state index contributed by atoms with van der Waals surface area (Å²) < 4.78 is 11.2. The van der Waals surface area contributed by atoms with Crippen molar-refractivity contribution in [1.29, 1.82) is 0 Å². The monoisotopic (exact) mass is 446 g/mol. The van der Waals surface area contributed by atoms with Crippen molar-refractivity contribution in [1.82, 2.24) is 5.32 Å². The minimum absolute atomic E-state index is 0.0182. The summed E-state index contributed by atoms with van der Waals surface area (Å²) in [5, 5.41) is 3.89. The zero-order valence-corrected chi connectivity index (χ0v) is 18.7. The summed E-state index contributed by atoms with van der Waals surface area (Å²) >= 11 is 7.89. The van der Waals surface area contributed by atoms with E-state index in [1.807, 2.05) is 42.5 Å². The fraction of sp³-hybridized carbons (Fsp3) is 0.435. The van der Waals surface area contributed by atoms with Gasteiger partial charge in [-0.3, -0.25) is 4.79 Å². The Morgan fingerprint density at radius 1 is 1.30 bits per heavy atom. The summed E-state index contributed by atoms with van der Waals surface area (Å²) in [4.78, 5) is 16.2. The summed E-state index contributed by atoms with van der Waals surface area (Å²) in [6.07, 6.45) is 3.41. The summed E-state index contributed by atoms with van der Waals surface area (Å²) in [5.41, 5.74) is 1.70. The number of carbonyl (C=O) groups is 1. The lowest BCUT2D eigenvalue weighted by atomic mass is 10.2. The molecule has 1 N–H and O–H groups in total. The summed E-state index contributed by atoms with van der Waals surface area (Å²) in [6.45, 7) is 2.42. The van der Waals surface area contributed by atoms with Gasteiger partial charge in [0.05, 0.1) is 24.5 Å². The molecule has 0 bridgehead atoms. The van der Waals surface area contributed by atoms with Gasteiger partial charge in [0.25, 0.3) is 5.91 Å². The van der Waals surface area contributed by atoms with E-state index in [1.165, 1.54) is 0 Å². The van der Waals surface area contributed by atoms with Gasteiger partial charge in [0, 0.05) is 41.4 Å². The summed E-state index contributed by atoms with van der Waals surface area (Å²) in [7, 11) is 1.66. The highest BCUT2D eigenvalue weighted by atomic mass is 35.5. The second-order valence-electron chi connectivity index (χ2n) is 7.66. The lowest BCUT2D eigenvalue weighted by Gasteiger charge is -2.22. The van der Waals surface area contributed by atoms with Crippen LogP contribution in [0.3, 0.4) is 0 Å². The molecule has 2 aliphatic rings. The number of nitrogens with zero attached hydrogens (tertiary/aromatic N) is 1. The molecular formula is C23H27ClN2O3S. The minimum atomic E-state index is -0.0182. The molecule has 0 radical (unpaired) electrons. The molecule has 30 heavy (non-hydrogen) atoms. The molecule has 2 saturated heterocycles. The maximum Gasteiger partial charge on any atom is 0.252 e. The van der Waals surface area contributed by atoms with Crippen LogP contribution in [0.1, 0.15) is 29.6 Å². The van der Waals surface area contributed by atoms with Gasteiger partial charge in [-0.1, -0.05) is 23.7 Å². The molecule has 0 aromatic heterocycles. The Labute approximate surface area is 187 Å². The zero-order chi connectivity index (χ0) is 20.9. The average molecular weight is 447 g/mol. The Balaban J connectivity index is 1.38. The molecule has 0 aliphatic carbocycles. The number of benzene rings is 2. The lowest BCUT2D eigenvalue weighted by molar-refractivity contribution is 0.0937. The second kappa shape index (κ2) is 9.94. The first-order valence-electron chi connectivity index (χ1n) is 10.4. The van der Waals surface area contributed by atoms with Gasteiger partial charge in [0.15, 0.2) is 0 Å². The number of nitrogens with one attached hydrogen (secondary N) is 1. The van der Waals surface area contributed by atoms with Gasteiger partial charge in [-0.25, -0.2) is 0 Å². The molecule has 2 aromatic carbocycles. The molecule has 2 aromatic rings. The number of anilines is 1. The van der Waals surface area contributed by atoms with Crippen molar-refractivity contribution in [3.05, 3.63) is 53.1 Å². The second-order valence-corrected chi connectivity index (χ2v) is 9.16. The number of hydrogen-bond donors (Lipinski definition) is 1. The largest absolute Gasteiger partial charge is 0.495 e. The van der Waals surface area contributed by atoms with Crippen LogP contribution in [0, 0.1) is 0 Å². The predicted octanol–water partition coefficient (Wildman–Crippen LogP) is 4.63. The third-order valence-corrected chi connectivity index (χ3v) is 7.03. The fourth-order valence-electron chi connectivity index (χ4n) is 4.01. The smallest absolute Gasteiger partial charge is 0.252 e. The van der Waals surface area contributed by atoms with E-state index in [0.717, 1.165) is 66.6 Å². The van der Waals surface area contributed by atoms with E-state index in [0.29, 0.717) is 11.1 Å². The molecule has 160 valence electrons. The minimum Gasteiger partial charge on any atom is -0.495 e. The molecule has 2 heterocycles. The van der Waals surface area contributed by atoms with Crippen molar-refractivity contribution in [2.45, 2.75) is 36.3 Å². The SMILES string of the molecule is COc1ccc(Cl)cc1N1CCC(NC(=O)c2ccccc2SCC2CCCO2)C1. The number of ether oxygens (including phenoxy) is 2. The normalized spacial score (nSPS) is 21.1. The van der Waals surface area contributed by atoms with E-state index in [2.05, 4.69) is 10.2 Å². The van der Waals surface area contributed by atoms with Crippen molar-refractivity contribution in [3.63, 3.8) is 0 Å². The average Bonchev–Trinajstić information content (AvgIpc) is 3.44. The van der Waals surface area contributed by atoms with Gasteiger partial charge in [-0.15, -0.1) is 11.8 Å². The first-order valence-corrected chi connectivity index (χ1v) is 11.7. The number of halogens is 1. The number of amides is 1. The molecule has 0 saturated carbocycles. The number of methoxy groups -OCH3 is 1. The van der Waals surface area contributed by atoms with E-state index in [4.69, 9.17) is 21.1 Å². The van der Waals surface area contributed by atoms with Gasteiger partial charge in [-0.2, -0.15) is 0 Å². The molecule has 2 fully saturated rings. The Morgan fingerprint density at radius 3 is 2.97 bits per heavy atom. The maximum atomic E-state index is 13.0. The highest BCUT2D eigenvalue weighted by molar-refractivity contribution is 7.99. The number of rotatable bonds is 7. The first kappa shape index (κ1) is 21.3. The van der Waals surface area contributed by atoms with Gasteiger partial charge in [0.2, 0.25) is 0 Å². The molecule has 0 spiro atoms. The Bertz CT molecular complexity index is 889. The van der Waals surface area contributed by atoms with E-state index >= 15 is 0 Å². The Morgan fingerprint density at radius 2 is 2.17 bits per heavy atom. The van der Waals surface area contributed by atoms with Crippen LogP contribution < -0.4 is 15.0 Å². The van der Waals surface area contributed by atoms with Crippen molar-refractivity contribution in [2.24, 2.45) is 0 Å². The van der Waals surface area contributed by atoms with E-state index in [9.17, 15) is 4.79 Å². The highest BCUT2D eigenvalue weighted by Crippen LogP contribution is 2.33. The van der Waals surface area contributed by atoms with Crippen molar-refractivity contribution in [2.75, 3.05) is 37.5 Å². The molecule has 5 nitrogen and oxygen atoms in total. The molecular weight excluding hydrogens is 420 g/mol. The summed E-state index contributed by atoms with van der Waals surface area (Å²) in [5.74, 6) is 1.66. The van der Waals surface area contributed by atoms with Crippen LogP contribution in [-0.4, -0.2) is 50.6 Å². The molecule has 7 heteroatoms. The van der Waals surface area contributed by atoms with Crippen LogP contribution in [0.5, 0.6) is 5.75 Å². The van der Waals surface area contributed by atoms with Crippen LogP contribution in [0.25, 0.3) is 0 Å². The quantitative estimate of drug-likeness (QED) is 0.628. The molecule has 2 aliphatic heterocycles. The van der Waals surface area contributed by atoms with E-state index < -0.39 is 0 Å². The molecule has 2 unspecified atom stereocenters. The van der Waals surface area contributed by atoms with Gasteiger partial charge >= 0.3 is 0 Å². The Hall–Kier alpha value is -1.89. The van der Waals surface area contributed by atoms with Crippen molar-refractivity contribution >= 4 is 35.0 Å². The topological polar surface area (TPSA) is 50.8 Å². The van der Waals surface area contributed by atoms with Crippen LogP contribution in [-0.2, 0) is 4.74 Å². The fourth-order valence-corrected chi connectivity index (χ4v) is 5.29. The van der Waals surface area contributed by atoms with Gasteiger partial charge < -0.3 is 19.7 Å². The van der Waals surface area contributed by atoms with Gasteiger partial charge in [-0.05, 0) is 49.6 Å². The first-order chi connectivity index (χ1) is 14.6. The van der Waals surface area contributed by atoms with E-state index in [-0.39, 0.29) is 11.9 Å². The van der Waals surface area contributed by atoms with Crippen LogP contribution in [0.2, 0.25) is 5.02 Å². The van der Waals surface area contributed by atoms with Gasteiger partial charge in [0.1, 0.15) is 5.75 Å². The number of carbonyl (C=O) groups excluding carboxylic acids is 1. The molecule has 1 amide bonds. The molecule has 4 rings (SSSR count).